The minimum absolute atomic E-state index is 0.468. The van der Waals surface area contributed by atoms with Crippen LogP contribution in [0.25, 0.3) is 0 Å². The van der Waals surface area contributed by atoms with Crippen molar-refractivity contribution in [1.82, 2.24) is 4.90 Å². The van der Waals surface area contributed by atoms with Crippen molar-refractivity contribution in [3.63, 3.8) is 0 Å². The first kappa shape index (κ1) is 12.9. The fraction of sp³-hybridized carbons (Fsp3) is 1.00. The fourth-order valence-electron chi connectivity index (χ4n) is 2.27. The van der Waals surface area contributed by atoms with Crippen LogP contribution >= 0.6 is 0 Å². The SMILES string of the molecule is CCOCCN(C)CC1CCC(N)CC1. The van der Waals surface area contributed by atoms with Crippen molar-refractivity contribution in [1.29, 1.82) is 0 Å². The molecule has 3 heteroatoms. The molecule has 0 heterocycles. The van der Waals surface area contributed by atoms with Crippen LogP contribution in [0.2, 0.25) is 0 Å². The quantitative estimate of drug-likeness (QED) is 0.681. The summed E-state index contributed by atoms with van der Waals surface area (Å²) in [7, 11) is 2.19. The summed E-state index contributed by atoms with van der Waals surface area (Å²) < 4.78 is 5.35. The third-order valence-electron chi connectivity index (χ3n) is 3.28. The first-order chi connectivity index (χ1) is 7.22. The van der Waals surface area contributed by atoms with Gasteiger partial charge in [0.1, 0.15) is 0 Å². The normalized spacial score (nSPS) is 27.2. The summed E-state index contributed by atoms with van der Waals surface area (Å²) >= 11 is 0. The van der Waals surface area contributed by atoms with Crippen LogP contribution in [0.5, 0.6) is 0 Å². The molecule has 90 valence electrons. The first-order valence-electron chi connectivity index (χ1n) is 6.24. The van der Waals surface area contributed by atoms with Gasteiger partial charge in [-0.15, -0.1) is 0 Å². The molecular weight excluding hydrogens is 188 g/mol. The van der Waals surface area contributed by atoms with Gasteiger partial charge >= 0.3 is 0 Å². The zero-order chi connectivity index (χ0) is 11.1. The molecular formula is C12H26N2O. The van der Waals surface area contributed by atoms with E-state index in [2.05, 4.69) is 11.9 Å². The van der Waals surface area contributed by atoms with E-state index in [1.54, 1.807) is 0 Å². The van der Waals surface area contributed by atoms with E-state index in [0.717, 1.165) is 25.7 Å². The molecule has 0 saturated heterocycles. The number of hydrogen-bond donors (Lipinski definition) is 1. The molecule has 0 aliphatic heterocycles. The van der Waals surface area contributed by atoms with Gasteiger partial charge in [-0.2, -0.15) is 0 Å². The molecule has 2 N–H and O–H groups in total. The molecule has 0 bridgehead atoms. The second kappa shape index (κ2) is 7.20. The van der Waals surface area contributed by atoms with Gasteiger partial charge in [0.25, 0.3) is 0 Å². The molecule has 0 aromatic heterocycles. The van der Waals surface area contributed by atoms with E-state index in [1.807, 2.05) is 6.92 Å². The molecule has 0 radical (unpaired) electrons. The van der Waals surface area contributed by atoms with Crippen LogP contribution in [0.1, 0.15) is 32.6 Å². The van der Waals surface area contributed by atoms with Gasteiger partial charge in [-0.05, 0) is 45.6 Å². The Hall–Kier alpha value is -0.120. The van der Waals surface area contributed by atoms with Crippen LogP contribution in [-0.2, 0) is 4.74 Å². The summed E-state index contributed by atoms with van der Waals surface area (Å²) in [5, 5.41) is 0. The monoisotopic (exact) mass is 214 g/mol. The lowest BCUT2D eigenvalue weighted by Crippen LogP contribution is -2.34. The van der Waals surface area contributed by atoms with Crippen LogP contribution in [0.3, 0.4) is 0 Å². The molecule has 1 rings (SSSR count). The van der Waals surface area contributed by atoms with E-state index < -0.39 is 0 Å². The van der Waals surface area contributed by atoms with Crippen molar-refractivity contribution in [3.05, 3.63) is 0 Å². The highest BCUT2D eigenvalue weighted by Crippen LogP contribution is 2.23. The highest BCUT2D eigenvalue weighted by molar-refractivity contribution is 4.75. The molecule has 0 unspecified atom stereocenters. The van der Waals surface area contributed by atoms with Crippen LogP contribution in [0, 0.1) is 5.92 Å². The molecule has 1 fully saturated rings. The Morgan fingerprint density at radius 3 is 2.53 bits per heavy atom. The molecule has 0 atom stereocenters. The van der Waals surface area contributed by atoms with Gasteiger partial charge in [-0.25, -0.2) is 0 Å². The molecule has 1 aliphatic rings. The Balaban J connectivity index is 2.06. The summed E-state index contributed by atoms with van der Waals surface area (Å²) in [6.45, 7) is 5.99. The Kier molecular flexibility index (Phi) is 6.22. The maximum absolute atomic E-state index is 5.89. The van der Waals surface area contributed by atoms with Gasteiger partial charge < -0.3 is 15.4 Å². The summed E-state index contributed by atoms with van der Waals surface area (Å²) in [6.07, 6.45) is 5.04. The number of rotatable bonds is 6. The van der Waals surface area contributed by atoms with Crippen molar-refractivity contribution in [2.24, 2.45) is 11.7 Å². The predicted octanol–water partition coefficient (Wildman–Crippen LogP) is 1.47. The van der Waals surface area contributed by atoms with E-state index in [1.165, 1.54) is 32.2 Å². The van der Waals surface area contributed by atoms with Crippen LogP contribution in [0.15, 0.2) is 0 Å². The smallest absolute Gasteiger partial charge is 0.0593 e. The maximum Gasteiger partial charge on any atom is 0.0593 e. The number of likely N-dealkylation sites (N-methyl/N-ethyl adjacent to an activating group) is 1. The lowest BCUT2D eigenvalue weighted by molar-refractivity contribution is 0.112. The minimum atomic E-state index is 0.468. The Bertz CT molecular complexity index is 156. The Labute approximate surface area is 94.0 Å². The van der Waals surface area contributed by atoms with Gasteiger partial charge in [-0.1, -0.05) is 0 Å². The molecule has 0 aromatic carbocycles. The molecule has 15 heavy (non-hydrogen) atoms. The third-order valence-corrected chi connectivity index (χ3v) is 3.28. The summed E-state index contributed by atoms with van der Waals surface area (Å²) in [5.74, 6) is 0.858. The number of ether oxygens (including phenoxy) is 1. The first-order valence-corrected chi connectivity index (χ1v) is 6.24. The zero-order valence-corrected chi connectivity index (χ0v) is 10.2. The third kappa shape index (κ3) is 5.50. The number of hydrogen-bond acceptors (Lipinski definition) is 3. The van der Waals surface area contributed by atoms with Crippen molar-refractivity contribution in [2.75, 3.05) is 33.4 Å². The Morgan fingerprint density at radius 2 is 1.93 bits per heavy atom. The fourth-order valence-corrected chi connectivity index (χ4v) is 2.27. The summed E-state index contributed by atoms with van der Waals surface area (Å²) in [5.41, 5.74) is 5.89. The van der Waals surface area contributed by atoms with Gasteiger partial charge in [-0.3, -0.25) is 0 Å². The largest absolute Gasteiger partial charge is 0.380 e. The van der Waals surface area contributed by atoms with E-state index in [9.17, 15) is 0 Å². The molecule has 0 amide bonds. The average molecular weight is 214 g/mol. The Morgan fingerprint density at radius 1 is 1.27 bits per heavy atom. The van der Waals surface area contributed by atoms with E-state index >= 15 is 0 Å². The summed E-state index contributed by atoms with van der Waals surface area (Å²) in [4.78, 5) is 2.39. The lowest BCUT2D eigenvalue weighted by Gasteiger charge is -2.29. The van der Waals surface area contributed by atoms with Crippen molar-refractivity contribution in [3.8, 4) is 0 Å². The highest BCUT2D eigenvalue weighted by Gasteiger charge is 2.19. The average Bonchev–Trinajstić information content (AvgIpc) is 2.22. The van der Waals surface area contributed by atoms with E-state index in [0.29, 0.717) is 6.04 Å². The van der Waals surface area contributed by atoms with Crippen molar-refractivity contribution in [2.45, 2.75) is 38.6 Å². The van der Waals surface area contributed by atoms with E-state index in [4.69, 9.17) is 10.5 Å². The topological polar surface area (TPSA) is 38.5 Å². The van der Waals surface area contributed by atoms with Crippen LogP contribution in [-0.4, -0.2) is 44.3 Å². The van der Waals surface area contributed by atoms with Gasteiger partial charge in [0.05, 0.1) is 6.61 Å². The number of nitrogens with two attached hydrogens (primary N) is 1. The maximum atomic E-state index is 5.89. The van der Waals surface area contributed by atoms with Crippen molar-refractivity contribution < 1.29 is 4.74 Å². The molecule has 3 nitrogen and oxygen atoms in total. The zero-order valence-electron chi connectivity index (χ0n) is 10.2. The van der Waals surface area contributed by atoms with Gasteiger partial charge in [0, 0.05) is 25.7 Å². The molecule has 1 saturated carbocycles. The second-order valence-electron chi connectivity index (χ2n) is 4.74. The van der Waals surface area contributed by atoms with Gasteiger partial charge in [0.2, 0.25) is 0 Å². The molecule has 0 spiro atoms. The standard InChI is InChI=1S/C12H26N2O/c1-3-15-9-8-14(2)10-11-4-6-12(13)7-5-11/h11-12H,3-10,13H2,1-2H3. The van der Waals surface area contributed by atoms with Crippen LogP contribution in [0.4, 0.5) is 0 Å². The summed E-state index contributed by atoms with van der Waals surface area (Å²) in [6, 6.07) is 0.468. The molecule has 0 aromatic rings. The lowest BCUT2D eigenvalue weighted by atomic mass is 9.86. The van der Waals surface area contributed by atoms with Crippen molar-refractivity contribution >= 4 is 0 Å². The predicted molar refractivity (Wildman–Crippen MR) is 63.9 cm³/mol. The molecule has 1 aliphatic carbocycles. The number of nitrogens with zero attached hydrogens (tertiary/aromatic N) is 1. The van der Waals surface area contributed by atoms with Crippen LogP contribution < -0.4 is 5.73 Å². The van der Waals surface area contributed by atoms with E-state index in [-0.39, 0.29) is 0 Å². The minimum Gasteiger partial charge on any atom is -0.380 e. The van der Waals surface area contributed by atoms with Gasteiger partial charge in [0.15, 0.2) is 0 Å². The highest BCUT2D eigenvalue weighted by atomic mass is 16.5. The second-order valence-corrected chi connectivity index (χ2v) is 4.74.